The van der Waals surface area contributed by atoms with Gasteiger partial charge in [0, 0.05) is 12.0 Å². The average Bonchev–Trinajstić information content (AvgIpc) is 2.49. The van der Waals surface area contributed by atoms with Crippen molar-refractivity contribution in [2.75, 3.05) is 7.11 Å². The van der Waals surface area contributed by atoms with Gasteiger partial charge in [-0.1, -0.05) is 0 Å². The summed E-state index contributed by atoms with van der Waals surface area (Å²) >= 11 is 1.73. The SMILES string of the molecule is COC(C)C(N)c1csc(C)c1. The van der Waals surface area contributed by atoms with Gasteiger partial charge < -0.3 is 10.5 Å². The summed E-state index contributed by atoms with van der Waals surface area (Å²) < 4.78 is 5.16. The van der Waals surface area contributed by atoms with Crippen LogP contribution in [0, 0.1) is 6.92 Å². The van der Waals surface area contributed by atoms with E-state index >= 15 is 0 Å². The Morgan fingerprint density at radius 1 is 1.58 bits per heavy atom. The molecule has 0 aliphatic heterocycles. The van der Waals surface area contributed by atoms with Gasteiger partial charge in [-0.2, -0.15) is 0 Å². The van der Waals surface area contributed by atoms with Crippen molar-refractivity contribution in [2.45, 2.75) is 26.0 Å². The van der Waals surface area contributed by atoms with Gasteiger partial charge in [0.15, 0.2) is 0 Å². The molecule has 12 heavy (non-hydrogen) atoms. The topological polar surface area (TPSA) is 35.2 Å². The van der Waals surface area contributed by atoms with Crippen molar-refractivity contribution in [3.8, 4) is 0 Å². The molecule has 0 spiro atoms. The van der Waals surface area contributed by atoms with Gasteiger partial charge in [0.2, 0.25) is 0 Å². The van der Waals surface area contributed by atoms with E-state index in [9.17, 15) is 0 Å². The number of ether oxygens (including phenoxy) is 1. The van der Waals surface area contributed by atoms with Crippen molar-refractivity contribution in [1.82, 2.24) is 0 Å². The van der Waals surface area contributed by atoms with Gasteiger partial charge in [-0.05, 0) is 30.9 Å². The van der Waals surface area contributed by atoms with Crippen LogP contribution in [0.15, 0.2) is 11.4 Å². The van der Waals surface area contributed by atoms with E-state index in [0.29, 0.717) is 0 Å². The van der Waals surface area contributed by atoms with E-state index in [2.05, 4.69) is 18.4 Å². The van der Waals surface area contributed by atoms with Crippen LogP contribution in [-0.2, 0) is 4.74 Å². The lowest BCUT2D eigenvalue weighted by atomic mass is 10.1. The van der Waals surface area contributed by atoms with Gasteiger partial charge >= 0.3 is 0 Å². The molecule has 2 N–H and O–H groups in total. The molecule has 68 valence electrons. The molecule has 0 radical (unpaired) electrons. The number of rotatable bonds is 3. The fourth-order valence-electron chi connectivity index (χ4n) is 1.06. The normalized spacial score (nSPS) is 16.0. The predicted molar refractivity (Wildman–Crippen MR) is 52.5 cm³/mol. The Morgan fingerprint density at radius 2 is 2.25 bits per heavy atom. The summed E-state index contributed by atoms with van der Waals surface area (Å²) in [6.45, 7) is 4.07. The zero-order chi connectivity index (χ0) is 9.14. The first-order valence-corrected chi connectivity index (χ1v) is 4.86. The molecular weight excluding hydrogens is 170 g/mol. The zero-order valence-electron chi connectivity index (χ0n) is 7.70. The van der Waals surface area contributed by atoms with Crippen LogP contribution < -0.4 is 5.73 Å². The maximum atomic E-state index is 5.94. The van der Waals surface area contributed by atoms with Crippen molar-refractivity contribution in [3.05, 3.63) is 21.9 Å². The first-order chi connectivity index (χ1) is 5.65. The molecule has 1 aromatic rings. The quantitative estimate of drug-likeness (QED) is 0.782. The molecule has 0 aliphatic carbocycles. The van der Waals surface area contributed by atoms with E-state index in [-0.39, 0.29) is 12.1 Å². The Balaban J connectivity index is 2.70. The molecule has 3 heteroatoms. The van der Waals surface area contributed by atoms with Crippen molar-refractivity contribution < 1.29 is 4.74 Å². The van der Waals surface area contributed by atoms with Gasteiger partial charge in [0.25, 0.3) is 0 Å². The minimum Gasteiger partial charge on any atom is -0.380 e. The molecule has 0 saturated carbocycles. The minimum absolute atomic E-state index is 0.0000463. The van der Waals surface area contributed by atoms with Crippen LogP contribution in [0.2, 0.25) is 0 Å². The Bertz CT molecular complexity index is 246. The monoisotopic (exact) mass is 185 g/mol. The first kappa shape index (κ1) is 9.71. The summed E-state index contributed by atoms with van der Waals surface area (Å²) in [7, 11) is 1.68. The van der Waals surface area contributed by atoms with Gasteiger partial charge in [0.05, 0.1) is 12.1 Å². The van der Waals surface area contributed by atoms with E-state index in [1.165, 1.54) is 10.4 Å². The minimum atomic E-state index is -0.0000463. The fraction of sp³-hybridized carbons (Fsp3) is 0.556. The standard InChI is InChI=1S/C9H15NOS/c1-6-4-8(5-12-6)9(10)7(2)11-3/h4-5,7,9H,10H2,1-3H3. The third-order valence-electron chi connectivity index (χ3n) is 2.01. The second-order valence-electron chi connectivity index (χ2n) is 2.96. The summed E-state index contributed by atoms with van der Waals surface area (Å²) in [6, 6.07) is 2.12. The van der Waals surface area contributed by atoms with E-state index in [1.54, 1.807) is 18.4 Å². The van der Waals surface area contributed by atoms with Crippen molar-refractivity contribution >= 4 is 11.3 Å². The maximum absolute atomic E-state index is 5.94. The molecule has 2 atom stereocenters. The van der Waals surface area contributed by atoms with E-state index in [0.717, 1.165) is 0 Å². The Labute approximate surface area is 77.3 Å². The smallest absolute Gasteiger partial charge is 0.0736 e. The zero-order valence-corrected chi connectivity index (χ0v) is 8.52. The molecule has 0 aromatic carbocycles. The predicted octanol–water partition coefficient (Wildman–Crippen LogP) is 2.09. The van der Waals surface area contributed by atoms with Crippen LogP contribution in [0.5, 0.6) is 0 Å². The molecule has 1 aromatic heterocycles. The third-order valence-corrected chi connectivity index (χ3v) is 2.89. The molecular formula is C9H15NOS. The van der Waals surface area contributed by atoms with E-state index < -0.39 is 0 Å². The average molecular weight is 185 g/mol. The highest BCUT2D eigenvalue weighted by molar-refractivity contribution is 7.10. The Morgan fingerprint density at radius 3 is 2.67 bits per heavy atom. The number of hydrogen-bond donors (Lipinski definition) is 1. The second-order valence-corrected chi connectivity index (χ2v) is 4.07. The summed E-state index contributed by atoms with van der Waals surface area (Å²) in [5, 5.41) is 2.09. The van der Waals surface area contributed by atoms with E-state index in [4.69, 9.17) is 10.5 Å². The number of thiophene rings is 1. The molecule has 2 unspecified atom stereocenters. The fourth-order valence-corrected chi connectivity index (χ4v) is 1.81. The first-order valence-electron chi connectivity index (χ1n) is 3.98. The largest absolute Gasteiger partial charge is 0.380 e. The number of aryl methyl sites for hydroxylation is 1. The van der Waals surface area contributed by atoms with Gasteiger partial charge in [-0.15, -0.1) is 11.3 Å². The molecule has 2 nitrogen and oxygen atoms in total. The summed E-state index contributed by atoms with van der Waals surface area (Å²) in [4.78, 5) is 1.30. The van der Waals surface area contributed by atoms with Gasteiger partial charge in [0.1, 0.15) is 0 Å². The highest BCUT2D eigenvalue weighted by Crippen LogP contribution is 2.21. The highest BCUT2D eigenvalue weighted by atomic mass is 32.1. The summed E-state index contributed by atoms with van der Waals surface area (Å²) in [5.74, 6) is 0. The van der Waals surface area contributed by atoms with Gasteiger partial charge in [-0.3, -0.25) is 0 Å². The van der Waals surface area contributed by atoms with Crippen molar-refractivity contribution in [3.63, 3.8) is 0 Å². The molecule has 0 amide bonds. The van der Waals surface area contributed by atoms with Crippen molar-refractivity contribution in [1.29, 1.82) is 0 Å². The highest BCUT2D eigenvalue weighted by Gasteiger charge is 2.14. The summed E-state index contributed by atoms with van der Waals surface area (Å²) in [6.07, 6.45) is 0.0824. The molecule has 0 saturated heterocycles. The van der Waals surface area contributed by atoms with Crippen LogP contribution in [0.4, 0.5) is 0 Å². The second kappa shape index (κ2) is 4.03. The number of hydrogen-bond acceptors (Lipinski definition) is 3. The number of methoxy groups -OCH3 is 1. The molecule has 1 rings (SSSR count). The van der Waals surface area contributed by atoms with Crippen LogP contribution >= 0.6 is 11.3 Å². The lowest BCUT2D eigenvalue weighted by Crippen LogP contribution is -2.24. The van der Waals surface area contributed by atoms with Gasteiger partial charge in [-0.25, -0.2) is 0 Å². The molecule has 0 aliphatic rings. The van der Waals surface area contributed by atoms with Crippen LogP contribution in [-0.4, -0.2) is 13.2 Å². The van der Waals surface area contributed by atoms with Crippen LogP contribution in [0.3, 0.4) is 0 Å². The number of nitrogens with two attached hydrogens (primary N) is 1. The lowest BCUT2D eigenvalue weighted by Gasteiger charge is -2.16. The summed E-state index contributed by atoms with van der Waals surface area (Å²) in [5.41, 5.74) is 7.12. The Hall–Kier alpha value is -0.380. The third kappa shape index (κ3) is 2.06. The Kier molecular flexibility index (Phi) is 3.26. The molecule has 1 heterocycles. The van der Waals surface area contributed by atoms with E-state index in [1.807, 2.05) is 6.92 Å². The lowest BCUT2D eigenvalue weighted by molar-refractivity contribution is 0.0958. The van der Waals surface area contributed by atoms with Crippen molar-refractivity contribution in [2.24, 2.45) is 5.73 Å². The molecule has 0 bridgehead atoms. The van der Waals surface area contributed by atoms with Crippen LogP contribution in [0.25, 0.3) is 0 Å². The molecule has 0 fully saturated rings. The van der Waals surface area contributed by atoms with Crippen LogP contribution in [0.1, 0.15) is 23.4 Å². The maximum Gasteiger partial charge on any atom is 0.0736 e.